The van der Waals surface area contributed by atoms with Crippen LogP contribution in [0, 0.1) is 0 Å². The van der Waals surface area contributed by atoms with Gasteiger partial charge in [-0.2, -0.15) is 18.3 Å². The lowest BCUT2D eigenvalue weighted by Gasteiger charge is -2.22. The van der Waals surface area contributed by atoms with E-state index < -0.39 is 17.3 Å². The number of nitrogens with zero attached hydrogens (tertiary/aromatic N) is 4. The second-order valence-electron chi connectivity index (χ2n) is 9.31. The lowest BCUT2D eigenvalue weighted by atomic mass is 9.86. The zero-order valence-electron chi connectivity index (χ0n) is 19.0. The first-order valence-electron chi connectivity index (χ1n) is 10.7. The van der Waals surface area contributed by atoms with Gasteiger partial charge in [0.2, 0.25) is 0 Å². The molecule has 5 aromatic rings. The van der Waals surface area contributed by atoms with Gasteiger partial charge in [0.25, 0.3) is 5.56 Å². The van der Waals surface area contributed by atoms with Gasteiger partial charge in [-0.3, -0.25) is 14.6 Å². The average molecular weight is 465 g/mol. The van der Waals surface area contributed by atoms with Crippen LogP contribution < -0.4 is 5.56 Å². The Morgan fingerprint density at radius 2 is 1.74 bits per heavy atom. The molecule has 0 unspecified atom stereocenters. The van der Waals surface area contributed by atoms with E-state index in [1.807, 2.05) is 24.3 Å². The minimum atomic E-state index is -4.52. The Hall–Kier alpha value is -3.88. The summed E-state index contributed by atoms with van der Waals surface area (Å²) in [7, 11) is 1.70. The number of hydrogen-bond donors (Lipinski definition) is 1. The third kappa shape index (κ3) is 3.39. The molecule has 0 saturated heterocycles. The third-order valence-corrected chi connectivity index (χ3v) is 5.94. The molecule has 0 radical (unpaired) electrons. The Kier molecular flexibility index (Phi) is 4.72. The maximum Gasteiger partial charge on any atom is 0.416 e. The van der Waals surface area contributed by atoms with Crippen LogP contribution in [0.1, 0.15) is 31.9 Å². The number of aromatic amines is 1. The number of benzene rings is 2. The molecule has 0 aliphatic rings. The standard InChI is InChI=1S/C25H22F3N5O/c1-24(2,3)17-10-5-6-11-18(17)33-23(34)19-20(14-8-7-9-15(12-14)25(26,27)28)30-22-16(21(19)31-33)13-29-32(22)4/h5-13,31H,1-4H3. The fraction of sp³-hybridized carbons (Fsp3) is 0.240. The van der Waals surface area contributed by atoms with Crippen LogP contribution in [0.5, 0.6) is 0 Å². The molecule has 3 aromatic heterocycles. The first kappa shape index (κ1) is 21.9. The molecule has 6 nitrogen and oxygen atoms in total. The van der Waals surface area contributed by atoms with Gasteiger partial charge in [-0.25, -0.2) is 9.67 Å². The molecule has 9 heteroatoms. The van der Waals surface area contributed by atoms with E-state index in [-0.39, 0.29) is 22.1 Å². The Morgan fingerprint density at radius 1 is 1.00 bits per heavy atom. The molecule has 174 valence electrons. The van der Waals surface area contributed by atoms with Crippen molar-refractivity contribution in [3.8, 4) is 16.9 Å². The van der Waals surface area contributed by atoms with E-state index in [1.54, 1.807) is 13.2 Å². The van der Waals surface area contributed by atoms with E-state index in [0.717, 1.165) is 17.7 Å². The Morgan fingerprint density at radius 3 is 2.44 bits per heavy atom. The fourth-order valence-corrected chi connectivity index (χ4v) is 4.28. The van der Waals surface area contributed by atoms with Crippen molar-refractivity contribution in [2.24, 2.45) is 7.05 Å². The summed E-state index contributed by atoms with van der Waals surface area (Å²) in [6.07, 6.45) is -2.92. The molecule has 0 amide bonds. The zero-order chi connectivity index (χ0) is 24.4. The quantitative estimate of drug-likeness (QED) is 0.370. The second kappa shape index (κ2) is 7.31. The van der Waals surface area contributed by atoms with Gasteiger partial charge in [0.15, 0.2) is 5.65 Å². The van der Waals surface area contributed by atoms with Crippen molar-refractivity contribution in [2.75, 3.05) is 0 Å². The normalized spacial score (nSPS) is 12.7. The van der Waals surface area contributed by atoms with Crippen LogP contribution in [0.25, 0.3) is 38.9 Å². The van der Waals surface area contributed by atoms with Crippen LogP contribution in [-0.4, -0.2) is 24.5 Å². The largest absolute Gasteiger partial charge is 0.416 e. The minimum Gasteiger partial charge on any atom is -0.289 e. The van der Waals surface area contributed by atoms with Gasteiger partial charge in [0.05, 0.1) is 39.4 Å². The van der Waals surface area contributed by atoms with Crippen molar-refractivity contribution in [3.63, 3.8) is 0 Å². The molecule has 0 aliphatic heterocycles. The fourth-order valence-electron chi connectivity index (χ4n) is 4.28. The molecule has 0 bridgehead atoms. The van der Waals surface area contributed by atoms with Crippen LogP contribution in [0.4, 0.5) is 13.2 Å². The topological polar surface area (TPSA) is 68.5 Å². The van der Waals surface area contributed by atoms with Crippen molar-refractivity contribution in [1.29, 1.82) is 0 Å². The summed E-state index contributed by atoms with van der Waals surface area (Å²) in [5.74, 6) is 0. The molecule has 34 heavy (non-hydrogen) atoms. The maximum atomic E-state index is 13.8. The van der Waals surface area contributed by atoms with E-state index in [4.69, 9.17) is 0 Å². The van der Waals surface area contributed by atoms with Gasteiger partial charge in [0.1, 0.15) is 0 Å². The molecule has 0 spiro atoms. The summed E-state index contributed by atoms with van der Waals surface area (Å²) in [5.41, 5.74) is 1.47. The van der Waals surface area contributed by atoms with Gasteiger partial charge < -0.3 is 0 Å². The molecule has 5 rings (SSSR count). The lowest BCUT2D eigenvalue weighted by molar-refractivity contribution is -0.137. The molecule has 3 heterocycles. The zero-order valence-corrected chi connectivity index (χ0v) is 19.0. The average Bonchev–Trinajstić information content (AvgIpc) is 3.32. The summed E-state index contributed by atoms with van der Waals surface area (Å²) < 4.78 is 43.2. The highest BCUT2D eigenvalue weighted by molar-refractivity contribution is 6.07. The van der Waals surface area contributed by atoms with E-state index in [0.29, 0.717) is 22.2 Å². The smallest absolute Gasteiger partial charge is 0.289 e. The van der Waals surface area contributed by atoms with Crippen molar-refractivity contribution < 1.29 is 13.2 Å². The molecular formula is C25H22F3N5O. The number of para-hydroxylation sites is 1. The molecule has 0 fully saturated rings. The van der Waals surface area contributed by atoms with E-state index in [1.165, 1.54) is 21.5 Å². The maximum absolute atomic E-state index is 13.8. The number of pyridine rings is 1. The van der Waals surface area contributed by atoms with E-state index >= 15 is 0 Å². The number of fused-ring (bicyclic) bond motifs is 3. The van der Waals surface area contributed by atoms with E-state index in [9.17, 15) is 18.0 Å². The number of aromatic nitrogens is 5. The Labute approximate surface area is 192 Å². The van der Waals surface area contributed by atoms with Crippen LogP contribution in [0.15, 0.2) is 59.5 Å². The molecule has 0 atom stereocenters. The van der Waals surface area contributed by atoms with Gasteiger partial charge in [-0.1, -0.05) is 51.1 Å². The predicted molar refractivity (Wildman–Crippen MR) is 125 cm³/mol. The lowest BCUT2D eigenvalue weighted by Crippen LogP contribution is -2.21. The molecule has 0 saturated carbocycles. The predicted octanol–water partition coefficient (Wildman–Crippen LogP) is 5.58. The highest BCUT2D eigenvalue weighted by atomic mass is 19.4. The highest BCUT2D eigenvalue weighted by Crippen LogP contribution is 2.35. The number of H-pyrrole nitrogens is 1. The van der Waals surface area contributed by atoms with Gasteiger partial charge in [0, 0.05) is 12.6 Å². The number of aryl methyl sites for hydroxylation is 1. The minimum absolute atomic E-state index is 0.172. The highest BCUT2D eigenvalue weighted by Gasteiger charge is 2.31. The molecule has 2 aromatic carbocycles. The van der Waals surface area contributed by atoms with Crippen molar-refractivity contribution >= 4 is 21.9 Å². The Bertz CT molecular complexity index is 1620. The van der Waals surface area contributed by atoms with Crippen molar-refractivity contribution in [2.45, 2.75) is 32.4 Å². The number of halogens is 3. The van der Waals surface area contributed by atoms with Crippen LogP contribution in [0.3, 0.4) is 0 Å². The third-order valence-electron chi connectivity index (χ3n) is 5.94. The molecule has 0 aliphatic carbocycles. The number of alkyl halides is 3. The SMILES string of the molecule is Cn1ncc2c3[nH]n(-c4ccccc4C(C)(C)C)c(=O)c3c(-c3cccc(C(F)(F)F)c3)nc21. The summed E-state index contributed by atoms with van der Waals surface area (Å²) in [4.78, 5) is 18.4. The second-order valence-corrected chi connectivity index (χ2v) is 9.31. The van der Waals surface area contributed by atoms with Crippen LogP contribution in [0.2, 0.25) is 0 Å². The monoisotopic (exact) mass is 465 g/mol. The number of nitrogens with one attached hydrogen (secondary N) is 1. The van der Waals surface area contributed by atoms with Crippen LogP contribution >= 0.6 is 0 Å². The summed E-state index contributed by atoms with van der Waals surface area (Å²) >= 11 is 0. The molecular weight excluding hydrogens is 443 g/mol. The Balaban J connectivity index is 1.89. The summed E-state index contributed by atoms with van der Waals surface area (Å²) in [6.45, 7) is 6.15. The van der Waals surface area contributed by atoms with Gasteiger partial charge in [-0.15, -0.1) is 0 Å². The number of rotatable bonds is 2. The van der Waals surface area contributed by atoms with Gasteiger partial charge >= 0.3 is 6.18 Å². The van der Waals surface area contributed by atoms with Crippen molar-refractivity contribution in [1.82, 2.24) is 24.5 Å². The van der Waals surface area contributed by atoms with Crippen LogP contribution in [-0.2, 0) is 18.6 Å². The first-order valence-corrected chi connectivity index (χ1v) is 10.7. The van der Waals surface area contributed by atoms with Crippen molar-refractivity contribution in [3.05, 3.63) is 76.2 Å². The number of hydrogen-bond acceptors (Lipinski definition) is 3. The molecule has 1 N–H and O–H groups in total. The summed E-state index contributed by atoms with van der Waals surface area (Å²) in [5, 5.41) is 8.26. The van der Waals surface area contributed by atoms with E-state index in [2.05, 4.69) is 36.0 Å². The first-order chi connectivity index (χ1) is 16.0. The van der Waals surface area contributed by atoms with Gasteiger partial charge in [-0.05, 0) is 29.2 Å². The summed E-state index contributed by atoms with van der Waals surface area (Å²) in [6, 6.07) is 12.4.